The van der Waals surface area contributed by atoms with Crippen molar-refractivity contribution in [2.45, 2.75) is 31.0 Å². The molecule has 4 heterocycles. The molecule has 9 nitrogen and oxygen atoms in total. The van der Waals surface area contributed by atoms with Gasteiger partial charge in [-0.15, -0.1) is 0 Å². The predicted octanol–water partition coefficient (Wildman–Crippen LogP) is 3.06. The largest absolute Gasteiger partial charge is 0.432 e. The van der Waals surface area contributed by atoms with Gasteiger partial charge < -0.3 is 10.1 Å². The van der Waals surface area contributed by atoms with Gasteiger partial charge in [0.25, 0.3) is 6.02 Å². The molecule has 12 heteroatoms. The van der Waals surface area contributed by atoms with Crippen LogP contribution in [0.1, 0.15) is 36.2 Å². The number of anilines is 1. The molecule has 1 aromatic carbocycles. The van der Waals surface area contributed by atoms with Gasteiger partial charge in [0.1, 0.15) is 24.2 Å². The summed E-state index contributed by atoms with van der Waals surface area (Å²) in [6, 6.07) is 5.74. The van der Waals surface area contributed by atoms with Crippen molar-refractivity contribution < 1.29 is 17.5 Å². The van der Waals surface area contributed by atoms with Crippen LogP contribution in [0.4, 0.5) is 10.3 Å². The lowest BCUT2D eigenvalue weighted by molar-refractivity contribution is 0.331. The van der Waals surface area contributed by atoms with Gasteiger partial charge in [0.05, 0.1) is 11.9 Å². The lowest BCUT2D eigenvalue weighted by Gasteiger charge is -2.31. The number of piperidine rings is 1. The Hall–Kier alpha value is -2.76. The van der Waals surface area contributed by atoms with Gasteiger partial charge in [-0.2, -0.15) is 0 Å². The highest BCUT2D eigenvalue weighted by Crippen LogP contribution is 2.45. The third-order valence-corrected chi connectivity index (χ3v) is 7.61. The molecular formula is C21H22ClFN6O3S. The molecule has 5 rings (SSSR count). The Kier molecular flexibility index (Phi) is 5.71. The van der Waals surface area contributed by atoms with E-state index in [0.29, 0.717) is 49.2 Å². The molecule has 174 valence electrons. The molecule has 1 N–H and O–H groups in total. The van der Waals surface area contributed by atoms with Gasteiger partial charge in [-0.1, -0.05) is 17.7 Å². The van der Waals surface area contributed by atoms with E-state index in [2.05, 4.69) is 15.3 Å². The van der Waals surface area contributed by atoms with E-state index in [-0.39, 0.29) is 17.1 Å². The van der Waals surface area contributed by atoms with Gasteiger partial charge in [-0.05, 0) is 36.6 Å². The second-order valence-electron chi connectivity index (χ2n) is 8.16. The molecule has 3 aliphatic rings. The number of fused-ring (bicyclic) bond motifs is 1. The van der Waals surface area contributed by atoms with Gasteiger partial charge in [-0.3, -0.25) is 4.90 Å². The number of sulfonamides is 1. The molecule has 1 fully saturated rings. The summed E-state index contributed by atoms with van der Waals surface area (Å²) in [4.78, 5) is 15.6. The summed E-state index contributed by atoms with van der Waals surface area (Å²) >= 11 is 6.34. The first-order valence-corrected chi connectivity index (χ1v) is 12.7. The first kappa shape index (κ1) is 22.1. The highest BCUT2D eigenvalue weighted by molar-refractivity contribution is 7.88. The monoisotopic (exact) mass is 492 g/mol. The van der Waals surface area contributed by atoms with Crippen LogP contribution in [0.5, 0.6) is 0 Å². The average Bonchev–Trinajstić information content (AvgIpc) is 3.35. The molecule has 0 saturated carbocycles. The average molecular weight is 493 g/mol. The molecule has 33 heavy (non-hydrogen) atoms. The Morgan fingerprint density at radius 3 is 2.76 bits per heavy atom. The van der Waals surface area contributed by atoms with E-state index < -0.39 is 21.9 Å². The molecule has 0 spiro atoms. The number of benzene rings is 1. The minimum atomic E-state index is -3.18. The number of hydrogen-bond acceptors (Lipinski definition) is 8. The van der Waals surface area contributed by atoms with Crippen molar-refractivity contribution in [3.63, 3.8) is 0 Å². The predicted molar refractivity (Wildman–Crippen MR) is 121 cm³/mol. The second-order valence-corrected chi connectivity index (χ2v) is 10.6. The fourth-order valence-corrected chi connectivity index (χ4v) is 5.49. The highest BCUT2D eigenvalue weighted by atomic mass is 35.5. The number of nitrogens with one attached hydrogen (secondary N) is 1. The smallest absolute Gasteiger partial charge is 0.298 e. The van der Waals surface area contributed by atoms with Crippen LogP contribution < -0.4 is 5.32 Å². The molecule has 0 amide bonds. The SMILES string of the molecule is CS(=O)(=O)N1CCC(Nc2nccc(C3C(c4ccc(F)cc4Cl)N=C4OC=CN43)n2)CC1. The number of ether oxygens (including phenoxy) is 1. The van der Waals surface area contributed by atoms with Gasteiger partial charge in [0, 0.05) is 36.6 Å². The number of aromatic nitrogens is 2. The lowest BCUT2D eigenvalue weighted by atomic mass is 9.97. The Morgan fingerprint density at radius 1 is 1.24 bits per heavy atom. The molecule has 1 aromatic heterocycles. The minimum Gasteiger partial charge on any atom is -0.432 e. The van der Waals surface area contributed by atoms with Gasteiger partial charge in [0.2, 0.25) is 16.0 Å². The van der Waals surface area contributed by atoms with E-state index in [1.165, 1.54) is 22.7 Å². The fourth-order valence-electron chi connectivity index (χ4n) is 4.34. The van der Waals surface area contributed by atoms with Crippen LogP contribution in [0, 0.1) is 5.82 Å². The van der Waals surface area contributed by atoms with E-state index >= 15 is 0 Å². The second kappa shape index (κ2) is 8.54. The number of halogens is 2. The zero-order valence-electron chi connectivity index (χ0n) is 17.7. The normalized spacial score (nSPS) is 23.4. The number of amidine groups is 1. The maximum absolute atomic E-state index is 13.6. The number of aliphatic imine (C=N–C) groups is 1. The van der Waals surface area contributed by atoms with Crippen molar-refractivity contribution >= 4 is 33.6 Å². The fraction of sp³-hybridized carbons (Fsp3) is 0.381. The van der Waals surface area contributed by atoms with Gasteiger partial charge in [0.15, 0.2) is 0 Å². The van der Waals surface area contributed by atoms with Crippen molar-refractivity contribution in [3.8, 4) is 0 Å². The van der Waals surface area contributed by atoms with Crippen molar-refractivity contribution in [3.05, 3.63) is 65.0 Å². The third-order valence-electron chi connectivity index (χ3n) is 5.98. The number of nitrogens with zero attached hydrogens (tertiary/aromatic N) is 5. The van der Waals surface area contributed by atoms with Gasteiger partial charge in [-0.25, -0.2) is 32.1 Å². The maximum atomic E-state index is 13.6. The lowest BCUT2D eigenvalue weighted by Crippen LogP contribution is -2.42. The molecule has 2 atom stereocenters. The zero-order valence-corrected chi connectivity index (χ0v) is 19.3. The van der Waals surface area contributed by atoms with Crippen LogP contribution >= 0.6 is 11.6 Å². The first-order valence-electron chi connectivity index (χ1n) is 10.5. The van der Waals surface area contributed by atoms with Crippen molar-refractivity contribution in [1.29, 1.82) is 0 Å². The number of hydrogen-bond donors (Lipinski definition) is 1. The Morgan fingerprint density at radius 2 is 2.03 bits per heavy atom. The highest BCUT2D eigenvalue weighted by Gasteiger charge is 2.42. The summed E-state index contributed by atoms with van der Waals surface area (Å²) in [5, 5.41) is 3.61. The van der Waals surface area contributed by atoms with Crippen molar-refractivity contribution in [2.24, 2.45) is 4.99 Å². The van der Waals surface area contributed by atoms with E-state index in [0.717, 1.165) is 0 Å². The topological polar surface area (TPSA) is 100 Å². The molecule has 2 unspecified atom stereocenters. The third kappa shape index (κ3) is 4.40. The molecule has 2 aromatic rings. The summed E-state index contributed by atoms with van der Waals surface area (Å²) in [5.74, 6) is 0.0323. The van der Waals surface area contributed by atoms with Crippen LogP contribution in [-0.2, 0) is 14.8 Å². The molecular weight excluding hydrogens is 471 g/mol. The Bertz CT molecular complexity index is 1230. The minimum absolute atomic E-state index is 0.0611. The molecule has 1 saturated heterocycles. The molecule has 0 bridgehead atoms. The summed E-state index contributed by atoms with van der Waals surface area (Å²) in [6.45, 7) is 0.911. The van der Waals surface area contributed by atoms with Crippen molar-refractivity contribution in [2.75, 3.05) is 24.7 Å². The summed E-state index contributed by atoms with van der Waals surface area (Å²) in [7, 11) is -3.18. The standard InChI is InChI=1S/C21H22ClFN6O3S/c1-33(30,31)28-8-5-14(6-9-28)25-20-24-7-4-17(26-20)19-18(27-21-29(19)10-11-32-21)15-3-2-13(23)12-16(15)22/h2-4,7,10-12,14,18-19H,5-6,8-9H2,1H3,(H,24,25,26). The maximum Gasteiger partial charge on any atom is 0.298 e. The molecule has 3 aliphatic heterocycles. The van der Waals surface area contributed by atoms with Crippen molar-refractivity contribution in [1.82, 2.24) is 19.2 Å². The molecule has 0 radical (unpaired) electrons. The van der Waals surface area contributed by atoms with E-state index in [4.69, 9.17) is 21.3 Å². The molecule has 0 aliphatic carbocycles. The van der Waals surface area contributed by atoms with E-state index in [1.54, 1.807) is 30.8 Å². The summed E-state index contributed by atoms with van der Waals surface area (Å²) in [6.07, 6.45) is 7.53. The quantitative estimate of drug-likeness (QED) is 0.684. The van der Waals surface area contributed by atoms with Gasteiger partial charge >= 0.3 is 0 Å². The zero-order chi connectivity index (χ0) is 23.2. The van der Waals surface area contributed by atoms with E-state index in [1.807, 2.05) is 4.90 Å². The van der Waals surface area contributed by atoms with Crippen LogP contribution in [0.15, 0.2) is 47.9 Å². The van der Waals surface area contributed by atoms with Crippen LogP contribution in [0.25, 0.3) is 0 Å². The van der Waals surface area contributed by atoms with E-state index in [9.17, 15) is 12.8 Å². The van der Waals surface area contributed by atoms with Crippen LogP contribution in [0.2, 0.25) is 5.02 Å². The van der Waals surface area contributed by atoms with Crippen LogP contribution in [-0.4, -0.2) is 59.0 Å². The Balaban J connectivity index is 1.38. The summed E-state index contributed by atoms with van der Waals surface area (Å²) in [5.41, 5.74) is 1.36. The van der Waals surface area contributed by atoms with Crippen LogP contribution in [0.3, 0.4) is 0 Å². The first-order chi connectivity index (χ1) is 15.8. The summed E-state index contributed by atoms with van der Waals surface area (Å²) < 4.78 is 44.1. The number of rotatable bonds is 5. The Labute approximate surface area is 196 Å².